The maximum atomic E-state index is 13.1. The molecule has 4 rings (SSSR count). The lowest BCUT2D eigenvalue weighted by atomic mass is 10.0. The molecular weight excluding hydrogens is 480 g/mol. The normalized spacial score (nSPS) is 11.5. The van der Waals surface area contributed by atoms with Gasteiger partial charge < -0.3 is 19.2 Å². The van der Waals surface area contributed by atoms with Gasteiger partial charge in [-0.3, -0.25) is 19.7 Å². The number of hydrogen-bond acceptors (Lipinski definition) is 8. The molecule has 0 aliphatic heterocycles. The van der Waals surface area contributed by atoms with Crippen molar-refractivity contribution in [1.82, 2.24) is 0 Å². The molecule has 1 aromatic heterocycles. The molecule has 0 fully saturated rings. The number of nitro groups is 1. The average Bonchev–Trinajstić information content (AvgIpc) is 2.90. The van der Waals surface area contributed by atoms with E-state index in [2.05, 4.69) is 5.32 Å². The number of non-ortho nitro benzene ring substituents is 1. The number of para-hydroxylation sites is 1. The minimum absolute atomic E-state index is 0.0284. The van der Waals surface area contributed by atoms with Crippen molar-refractivity contribution in [3.8, 4) is 17.1 Å². The Morgan fingerprint density at radius 2 is 1.78 bits per heavy atom. The van der Waals surface area contributed by atoms with E-state index in [4.69, 9.17) is 13.9 Å². The van der Waals surface area contributed by atoms with Crippen molar-refractivity contribution in [3.63, 3.8) is 0 Å². The van der Waals surface area contributed by atoms with Gasteiger partial charge in [-0.2, -0.15) is 0 Å². The van der Waals surface area contributed by atoms with Gasteiger partial charge in [-0.15, -0.1) is 0 Å². The molecule has 10 nitrogen and oxygen atoms in total. The zero-order valence-electron chi connectivity index (χ0n) is 20.1. The second kappa shape index (κ2) is 10.3. The number of nitrogens with zero attached hydrogens (tertiary/aromatic N) is 1. The Kier molecular flexibility index (Phi) is 7.01. The van der Waals surface area contributed by atoms with E-state index < -0.39 is 22.9 Å². The average molecular weight is 502 g/mol. The summed E-state index contributed by atoms with van der Waals surface area (Å²) in [5, 5.41) is 13.8. The summed E-state index contributed by atoms with van der Waals surface area (Å²) < 4.78 is 16.5. The summed E-state index contributed by atoms with van der Waals surface area (Å²) in [6.45, 7) is 2.99. The third-order valence-corrected chi connectivity index (χ3v) is 5.71. The summed E-state index contributed by atoms with van der Waals surface area (Å²) in [6, 6.07) is 17.2. The van der Waals surface area contributed by atoms with Crippen molar-refractivity contribution in [2.75, 3.05) is 12.4 Å². The number of carbonyl (C=O) groups excluding carboxylic acids is 2. The van der Waals surface area contributed by atoms with Crippen LogP contribution in [0, 0.1) is 17.0 Å². The number of nitrogens with one attached hydrogen (secondary N) is 1. The Morgan fingerprint density at radius 1 is 1.05 bits per heavy atom. The summed E-state index contributed by atoms with van der Waals surface area (Å²) in [5.74, 6) is -1.11. The number of fused-ring (bicyclic) bond motifs is 1. The third-order valence-electron chi connectivity index (χ3n) is 5.71. The smallest absolute Gasteiger partial charge is 0.342 e. The molecule has 4 aromatic rings. The van der Waals surface area contributed by atoms with Gasteiger partial charge in [-0.1, -0.05) is 36.4 Å². The number of methoxy groups -OCH3 is 1. The monoisotopic (exact) mass is 502 g/mol. The number of carbonyl (C=O) groups is 2. The predicted octanol–water partition coefficient (Wildman–Crippen LogP) is 4.87. The van der Waals surface area contributed by atoms with Crippen molar-refractivity contribution in [1.29, 1.82) is 0 Å². The highest BCUT2D eigenvalue weighted by molar-refractivity contribution is 6.04. The molecular formula is C27H22N2O8. The summed E-state index contributed by atoms with van der Waals surface area (Å²) >= 11 is 0. The van der Waals surface area contributed by atoms with Gasteiger partial charge >= 0.3 is 5.97 Å². The molecule has 1 unspecified atom stereocenters. The van der Waals surface area contributed by atoms with Gasteiger partial charge in [0.25, 0.3) is 11.6 Å². The number of anilines is 1. The van der Waals surface area contributed by atoms with Crippen LogP contribution in [-0.2, 0) is 9.53 Å². The van der Waals surface area contributed by atoms with Crippen molar-refractivity contribution in [2.45, 2.75) is 20.0 Å². The molecule has 1 amide bonds. The van der Waals surface area contributed by atoms with Gasteiger partial charge in [0.15, 0.2) is 17.1 Å². The fourth-order valence-electron chi connectivity index (χ4n) is 3.75. The predicted molar refractivity (Wildman–Crippen MR) is 136 cm³/mol. The van der Waals surface area contributed by atoms with Crippen molar-refractivity contribution >= 4 is 34.2 Å². The van der Waals surface area contributed by atoms with Crippen molar-refractivity contribution in [2.24, 2.45) is 0 Å². The molecule has 10 heteroatoms. The summed E-state index contributed by atoms with van der Waals surface area (Å²) in [4.78, 5) is 49.3. The lowest BCUT2D eigenvalue weighted by Gasteiger charge is -2.16. The molecule has 0 bridgehead atoms. The van der Waals surface area contributed by atoms with E-state index in [0.717, 1.165) is 6.07 Å². The SMILES string of the molecule is COc1ccc([N+](=O)[O-])cc1NC(=O)C(C)OC(=O)c1cccc2c(=O)c(C)c(-c3ccccc3)oc12. The molecule has 188 valence electrons. The van der Waals surface area contributed by atoms with E-state index in [1.165, 1.54) is 38.3 Å². The zero-order chi connectivity index (χ0) is 26.7. The molecule has 0 spiro atoms. The highest BCUT2D eigenvalue weighted by Crippen LogP contribution is 2.30. The zero-order valence-corrected chi connectivity index (χ0v) is 20.1. The molecule has 0 radical (unpaired) electrons. The number of benzene rings is 3. The maximum Gasteiger partial charge on any atom is 0.342 e. The molecule has 0 aliphatic carbocycles. The third kappa shape index (κ3) is 5.03. The van der Waals surface area contributed by atoms with E-state index in [1.54, 1.807) is 37.3 Å². The minimum Gasteiger partial charge on any atom is -0.495 e. The Labute approximate surface area is 210 Å². The van der Waals surface area contributed by atoms with Crippen LogP contribution < -0.4 is 15.5 Å². The Hall–Kier alpha value is -4.99. The largest absolute Gasteiger partial charge is 0.495 e. The number of rotatable bonds is 7. The van der Waals surface area contributed by atoms with Crippen molar-refractivity contribution < 1.29 is 28.4 Å². The Bertz CT molecular complexity index is 1580. The number of ether oxygens (including phenoxy) is 2. The van der Waals surface area contributed by atoms with Gasteiger partial charge in [0, 0.05) is 23.3 Å². The Morgan fingerprint density at radius 3 is 2.46 bits per heavy atom. The van der Waals surface area contributed by atoms with Gasteiger partial charge in [0.05, 0.1) is 23.1 Å². The molecule has 1 atom stereocenters. The molecule has 0 aliphatic rings. The van der Waals surface area contributed by atoms with Crippen molar-refractivity contribution in [3.05, 3.63) is 98.2 Å². The summed E-state index contributed by atoms with van der Waals surface area (Å²) in [6.07, 6.45) is -1.29. The van der Waals surface area contributed by atoms with E-state index in [0.29, 0.717) is 16.9 Å². The quantitative estimate of drug-likeness (QED) is 0.215. The molecule has 0 saturated carbocycles. The van der Waals surface area contributed by atoms with E-state index in [9.17, 15) is 24.5 Å². The van der Waals surface area contributed by atoms with E-state index >= 15 is 0 Å². The van der Waals surface area contributed by atoms with Crippen LogP contribution in [0.2, 0.25) is 0 Å². The van der Waals surface area contributed by atoms with E-state index in [1.807, 2.05) is 6.07 Å². The van der Waals surface area contributed by atoms with Crippen LogP contribution in [-0.4, -0.2) is 30.0 Å². The Balaban J connectivity index is 1.63. The van der Waals surface area contributed by atoms with Gasteiger partial charge in [0.1, 0.15) is 17.1 Å². The number of esters is 1. The van der Waals surface area contributed by atoms with E-state index in [-0.39, 0.29) is 39.1 Å². The van der Waals surface area contributed by atoms with Crippen LogP contribution in [0.15, 0.2) is 75.9 Å². The standard InChI is InChI=1S/C27H22N2O8/c1-15-23(30)19-10-7-11-20(25(19)37-24(15)17-8-5-4-6-9-17)27(32)36-16(2)26(31)28-21-14-18(29(33)34)12-13-22(21)35-3/h4-14,16H,1-3H3,(H,28,31). The molecule has 3 aromatic carbocycles. The first-order chi connectivity index (χ1) is 17.7. The molecule has 1 N–H and O–H groups in total. The first-order valence-corrected chi connectivity index (χ1v) is 11.2. The van der Waals surface area contributed by atoms with Crippen LogP contribution >= 0.6 is 0 Å². The number of nitro benzene ring substituents is 1. The minimum atomic E-state index is -1.29. The fraction of sp³-hybridized carbons (Fsp3) is 0.148. The van der Waals surface area contributed by atoms with Gasteiger partial charge in [0.2, 0.25) is 0 Å². The highest BCUT2D eigenvalue weighted by atomic mass is 16.6. The van der Waals surface area contributed by atoms with Crippen LogP contribution in [0.5, 0.6) is 5.75 Å². The fourth-order valence-corrected chi connectivity index (χ4v) is 3.75. The second-order valence-electron chi connectivity index (χ2n) is 8.11. The van der Waals surface area contributed by atoms with Crippen LogP contribution in [0.25, 0.3) is 22.3 Å². The lowest BCUT2D eigenvalue weighted by molar-refractivity contribution is -0.384. The molecule has 1 heterocycles. The second-order valence-corrected chi connectivity index (χ2v) is 8.11. The highest BCUT2D eigenvalue weighted by Gasteiger charge is 2.24. The van der Waals surface area contributed by atoms with Crippen LogP contribution in [0.3, 0.4) is 0 Å². The molecule has 0 saturated heterocycles. The summed E-state index contributed by atoms with van der Waals surface area (Å²) in [5.41, 5.74) is 0.566. The topological polar surface area (TPSA) is 138 Å². The maximum absolute atomic E-state index is 13.1. The van der Waals surface area contributed by atoms with Gasteiger partial charge in [-0.25, -0.2) is 4.79 Å². The first kappa shape index (κ1) is 25.1. The first-order valence-electron chi connectivity index (χ1n) is 11.2. The van der Waals surface area contributed by atoms with Gasteiger partial charge in [-0.05, 0) is 32.0 Å². The number of hydrogen-bond donors (Lipinski definition) is 1. The van der Waals surface area contributed by atoms with Crippen LogP contribution in [0.4, 0.5) is 11.4 Å². The lowest BCUT2D eigenvalue weighted by Crippen LogP contribution is -2.30. The van der Waals surface area contributed by atoms with Crippen LogP contribution in [0.1, 0.15) is 22.8 Å². The number of amides is 1. The summed E-state index contributed by atoms with van der Waals surface area (Å²) in [7, 11) is 1.35. The molecule has 37 heavy (non-hydrogen) atoms.